The lowest BCUT2D eigenvalue weighted by molar-refractivity contribution is -0.114. The van der Waals surface area contributed by atoms with Gasteiger partial charge in [0.25, 0.3) is 0 Å². The number of sulfonamides is 1. The zero-order valence-corrected chi connectivity index (χ0v) is 11.3. The number of unbranched alkanes of at least 4 members (excludes halogenated alkanes) is 1. The van der Waals surface area contributed by atoms with E-state index in [1.807, 2.05) is 6.07 Å². The van der Waals surface area contributed by atoms with E-state index in [2.05, 4.69) is 10.0 Å². The maximum atomic E-state index is 11.8. The summed E-state index contributed by atoms with van der Waals surface area (Å²) in [6.07, 6.45) is 0.781. The lowest BCUT2D eigenvalue weighted by atomic mass is 10.3. The molecule has 6 nitrogen and oxygen atoms in total. The number of carbonyl (C=O) groups is 1. The summed E-state index contributed by atoms with van der Waals surface area (Å²) in [6.45, 7) is 1.60. The first-order valence-electron chi connectivity index (χ1n) is 5.70. The normalized spacial score (nSPS) is 10.7. The zero-order chi connectivity index (χ0) is 14.3. The number of hydrogen-bond acceptors (Lipinski definition) is 4. The summed E-state index contributed by atoms with van der Waals surface area (Å²) in [6, 6.07) is 7.81. The van der Waals surface area contributed by atoms with Crippen molar-refractivity contribution in [1.29, 1.82) is 5.26 Å². The minimum Gasteiger partial charge on any atom is -0.326 e. The highest BCUT2D eigenvalue weighted by atomic mass is 32.2. The topological polar surface area (TPSA) is 99.1 Å². The summed E-state index contributed by atoms with van der Waals surface area (Å²) in [5.74, 6) is -0.217. The monoisotopic (exact) mass is 281 g/mol. The van der Waals surface area contributed by atoms with Gasteiger partial charge in [0, 0.05) is 25.6 Å². The number of nitriles is 1. The number of nitrogens with zero attached hydrogens (tertiary/aromatic N) is 1. The fourth-order valence-corrected chi connectivity index (χ4v) is 2.45. The van der Waals surface area contributed by atoms with Crippen LogP contribution >= 0.6 is 0 Å². The second kappa shape index (κ2) is 6.87. The molecule has 0 aliphatic heterocycles. The van der Waals surface area contributed by atoms with Gasteiger partial charge in [0.2, 0.25) is 15.9 Å². The fraction of sp³-hybridized carbons (Fsp3) is 0.333. The zero-order valence-electron chi connectivity index (χ0n) is 10.5. The van der Waals surface area contributed by atoms with Gasteiger partial charge in [-0.3, -0.25) is 4.79 Å². The van der Waals surface area contributed by atoms with Gasteiger partial charge in [-0.2, -0.15) is 5.26 Å². The van der Waals surface area contributed by atoms with E-state index in [4.69, 9.17) is 5.26 Å². The average molecular weight is 281 g/mol. The molecule has 0 aliphatic rings. The van der Waals surface area contributed by atoms with E-state index in [0.29, 0.717) is 18.5 Å². The molecule has 1 aromatic carbocycles. The van der Waals surface area contributed by atoms with Gasteiger partial charge in [0.1, 0.15) is 0 Å². The maximum absolute atomic E-state index is 11.8. The van der Waals surface area contributed by atoms with Crippen molar-refractivity contribution in [3.63, 3.8) is 0 Å². The van der Waals surface area contributed by atoms with Gasteiger partial charge in [-0.1, -0.05) is 0 Å². The molecule has 2 N–H and O–H groups in total. The van der Waals surface area contributed by atoms with Crippen LogP contribution < -0.4 is 10.0 Å². The van der Waals surface area contributed by atoms with Crippen LogP contribution in [0.15, 0.2) is 29.2 Å². The summed E-state index contributed by atoms with van der Waals surface area (Å²) >= 11 is 0. The lowest BCUT2D eigenvalue weighted by Crippen LogP contribution is -2.24. The quantitative estimate of drug-likeness (QED) is 0.766. The molecule has 0 saturated carbocycles. The summed E-state index contributed by atoms with van der Waals surface area (Å²) in [4.78, 5) is 11.0. The Labute approximate surface area is 112 Å². The van der Waals surface area contributed by atoms with E-state index >= 15 is 0 Å². The first-order chi connectivity index (χ1) is 8.95. The highest BCUT2D eigenvalue weighted by Crippen LogP contribution is 2.13. The van der Waals surface area contributed by atoms with Crippen molar-refractivity contribution in [2.45, 2.75) is 24.7 Å². The first-order valence-corrected chi connectivity index (χ1v) is 7.18. The molecule has 1 rings (SSSR count). The van der Waals surface area contributed by atoms with Crippen molar-refractivity contribution in [3.8, 4) is 6.07 Å². The summed E-state index contributed by atoms with van der Waals surface area (Å²) in [5.41, 5.74) is 0.538. The first kappa shape index (κ1) is 15.1. The number of nitrogens with one attached hydrogen (secondary N) is 2. The molecule has 19 heavy (non-hydrogen) atoms. The van der Waals surface area contributed by atoms with Gasteiger partial charge >= 0.3 is 0 Å². The van der Waals surface area contributed by atoms with Crippen molar-refractivity contribution in [1.82, 2.24) is 4.72 Å². The predicted octanol–water partition coefficient (Wildman–Crippen LogP) is 1.23. The third-order valence-electron chi connectivity index (χ3n) is 2.24. The molecule has 102 valence electrons. The van der Waals surface area contributed by atoms with Crippen LogP contribution in [0, 0.1) is 11.3 Å². The molecular weight excluding hydrogens is 266 g/mol. The molecule has 0 aliphatic carbocycles. The number of carbonyl (C=O) groups excluding carboxylic acids is 1. The molecule has 1 aromatic rings. The van der Waals surface area contributed by atoms with Gasteiger partial charge in [-0.15, -0.1) is 0 Å². The summed E-state index contributed by atoms with van der Waals surface area (Å²) in [5, 5.41) is 10.9. The second-order valence-electron chi connectivity index (χ2n) is 3.87. The number of benzene rings is 1. The molecule has 0 fully saturated rings. The fourth-order valence-electron chi connectivity index (χ4n) is 1.38. The molecular formula is C12H15N3O3S. The molecule has 0 bridgehead atoms. The Kier molecular flexibility index (Phi) is 5.48. The Morgan fingerprint density at radius 1 is 1.32 bits per heavy atom. The molecule has 0 unspecified atom stereocenters. The van der Waals surface area contributed by atoms with Crippen molar-refractivity contribution in [2.75, 3.05) is 11.9 Å². The third-order valence-corrected chi connectivity index (χ3v) is 3.72. The molecule has 0 saturated heterocycles. The van der Waals surface area contributed by atoms with Crippen LogP contribution in [0.1, 0.15) is 19.8 Å². The Balaban J connectivity index is 2.68. The molecule has 1 amide bonds. The Morgan fingerprint density at radius 3 is 2.47 bits per heavy atom. The highest BCUT2D eigenvalue weighted by Gasteiger charge is 2.12. The minimum atomic E-state index is -3.56. The van der Waals surface area contributed by atoms with Crippen LogP contribution in [-0.2, 0) is 14.8 Å². The second-order valence-corrected chi connectivity index (χ2v) is 5.63. The number of rotatable bonds is 6. The Morgan fingerprint density at radius 2 is 1.95 bits per heavy atom. The smallest absolute Gasteiger partial charge is 0.240 e. The maximum Gasteiger partial charge on any atom is 0.240 e. The van der Waals surface area contributed by atoms with E-state index in [1.165, 1.54) is 31.2 Å². The molecule has 0 atom stereocenters. The third kappa shape index (κ3) is 5.07. The van der Waals surface area contributed by atoms with E-state index in [-0.39, 0.29) is 17.3 Å². The minimum absolute atomic E-state index is 0.124. The standard InChI is InChI=1S/C12H15N3O3S/c1-10(16)15-11-4-6-12(7-5-11)19(17,18)14-9-3-2-8-13/h4-7,14H,2-3,9H2,1H3,(H,15,16). The van der Waals surface area contributed by atoms with Gasteiger partial charge in [0.15, 0.2) is 0 Å². The largest absolute Gasteiger partial charge is 0.326 e. The number of anilines is 1. The van der Waals surface area contributed by atoms with Crippen molar-refractivity contribution < 1.29 is 13.2 Å². The van der Waals surface area contributed by atoms with E-state index in [9.17, 15) is 13.2 Å². The molecule has 0 radical (unpaired) electrons. The average Bonchev–Trinajstić information content (AvgIpc) is 2.35. The van der Waals surface area contributed by atoms with Gasteiger partial charge in [0.05, 0.1) is 11.0 Å². The van der Waals surface area contributed by atoms with Crippen LogP contribution in [0.4, 0.5) is 5.69 Å². The van der Waals surface area contributed by atoms with E-state index in [1.54, 1.807) is 0 Å². The van der Waals surface area contributed by atoms with Crippen molar-refractivity contribution in [3.05, 3.63) is 24.3 Å². The van der Waals surface area contributed by atoms with Gasteiger partial charge in [-0.05, 0) is 30.7 Å². The number of amides is 1. The van der Waals surface area contributed by atoms with Crippen molar-refractivity contribution in [2.24, 2.45) is 0 Å². The predicted molar refractivity (Wildman–Crippen MR) is 70.8 cm³/mol. The number of hydrogen-bond donors (Lipinski definition) is 2. The molecule has 7 heteroatoms. The van der Waals surface area contributed by atoms with Crippen LogP contribution in [0.3, 0.4) is 0 Å². The van der Waals surface area contributed by atoms with Gasteiger partial charge < -0.3 is 5.32 Å². The van der Waals surface area contributed by atoms with Crippen LogP contribution in [-0.4, -0.2) is 20.9 Å². The van der Waals surface area contributed by atoms with Crippen LogP contribution in [0.5, 0.6) is 0 Å². The molecule has 0 aromatic heterocycles. The Hall–Kier alpha value is -1.91. The van der Waals surface area contributed by atoms with Crippen LogP contribution in [0.2, 0.25) is 0 Å². The van der Waals surface area contributed by atoms with Crippen LogP contribution in [0.25, 0.3) is 0 Å². The van der Waals surface area contributed by atoms with E-state index < -0.39 is 10.0 Å². The lowest BCUT2D eigenvalue weighted by Gasteiger charge is -2.07. The summed E-state index contributed by atoms with van der Waals surface area (Å²) in [7, 11) is -3.56. The highest BCUT2D eigenvalue weighted by molar-refractivity contribution is 7.89. The van der Waals surface area contributed by atoms with Gasteiger partial charge in [-0.25, -0.2) is 13.1 Å². The molecule has 0 spiro atoms. The molecule has 0 heterocycles. The Bertz CT molecular complexity index is 573. The SMILES string of the molecule is CC(=O)Nc1ccc(S(=O)(=O)NCCCC#N)cc1. The van der Waals surface area contributed by atoms with E-state index in [0.717, 1.165) is 0 Å². The van der Waals surface area contributed by atoms with Crippen molar-refractivity contribution >= 4 is 21.6 Å². The summed E-state index contributed by atoms with van der Waals surface area (Å²) < 4.78 is 26.1.